The van der Waals surface area contributed by atoms with Crippen LogP contribution in [0.4, 0.5) is 0 Å². The molecule has 4 heteroatoms. The first-order valence-corrected chi connectivity index (χ1v) is 7.21. The van der Waals surface area contributed by atoms with E-state index in [2.05, 4.69) is 18.9 Å². The average Bonchev–Trinajstić information content (AvgIpc) is 2.93. The predicted octanol–water partition coefficient (Wildman–Crippen LogP) is 1.85. The minimum absolute atomic E-state index is 0.304. The fraction of sp³-hybridized carbons (Fsp3) is 0.857. The van der Waals surface area contributed by atoms with E-state index < -0.39 is 0 Å². The van der Waals surface area contributed by atoms with Crippen molar-refractivity contribution in [2.75, 3.05) is 0 Å². The zero-order valence-electron chi connectivity index (χ0n) is 11.6. The van der Waals surface area contributed by atoms with Gasteiger partial charge in [0.25, 0.3) is 0 Å². The van der Waals surface area contributed by atoms with Gasteiger partial charge in [0.05, 0.1) is 0 Å². The van der Waals surface area contributed by atoms with Gasteiger partial charge in [-0.05, 0) is 37.0 Å². The van der Waals surface area contributed by atoms with Crippen LogP contribution in [0.15, 0.2) is 0 Å². The zero-order valence-corrected chi connectivity index (χ0v) is 11.6. The van der Waals surface area contributed by atoms with Gasteiger partial charge < -0.3 is 5.73 Å². The van der Waals surface area contributed by atoms with Gasteiger partial charge in [0.1, 0.15) is 5.82 Å². The van der Waals surface area contributed by atoms with Crippen molar-refractivity contribution in [2.24, 2.45) is 30.5 Å². The molecule has 2 N–H and O–H groups in total. The molecule has 2 aliphatic carbocycles. The highest BCUT2D eigenvalue weighted by Gasteiger charge is 2.48. The summed E-state index contributed by atoms with van der Waals surface area (Å²) in [5, 5.41) is 4.56. The van der Waals surface area contributed by atoms with Gasteiger partial charge >= 0.3 is 0 Å². The van der Waals surface area contributed by atoms with Crippen LogP contribution in [0.1, 0.15) is 50.7 Å². The zero-order chi connectivity index (χ0) is 12.9. The number of nitrogens with two attached hydrogens (primary N) is 1. The molecule has 0 aliphatic heterocycles. The number of aryl methyl sites for hydroxylation is 1. The summed E-state index contributed by atoms with van der Waals surface area (Å²) in [5.74, 6) is 4.64. The standard InChI is InChI=1S/C14H24N4/c1-8(2)6-11-16-14(18(3)17-11)12-9-4-5-10(7-9)13(12)15/h8-10,12-13H,4-7,15H2,1-3H3. The van der Waals surface area contributed by atoms with Crippen molar-refractivity contribution in [1.82, 2.24) is 14.8 Å². The first-order chi connectivity index (χ1) is 8.56. The Bertz CT molecular complexity index is 435. The highest BCUT2D eigenvalue weighted by molar-refractivity contribution is 5.14. The molecule has 2 aliphatic rings. The van der Waals surface area contributed by atoms with E-state index in [9.17, 15) is 0 Å². The lowest BCUT2D eigenvalue weighted by molar-refractivity contribution is 0.346. The van der Waals surface area contributed by atoms with Gasteiger partial charge in [0.15, 0.2) is 5.82 Å². The molecule has 3 rings (SSSR count). The van der Waals surface area contributed by atoms with Crippen molar-refractivity contribution >= 4 is 0 Å². The molecule has 4 atom stereocenters. The molecule has 0 amide bonds. The third kappa shape index (κ3) is 1.87. The van der Waals surface area contributed by atoms with Crippen LogP contribution in [-0.2, 0) is 13.5 Å². The van der Waals surface area contributed by atoms with E-state index in [0.29, 0.717) is 17.9 Å². The SMILES string of the molecule is CC(C)Cc1nc(C2C3CCC(C3)C2N)n(C)n1. The van der Waals surface area contributed by atoms with E-state index in [4.69, 9.17) is 10.7 Å². The van der Waals surface area contributed by atoms with Gasteiger partial charge in [-0.15, -0.1) is 0 Å². The molecule has 2 fully saturated rings. The first-order valence-electron chi connectivity index (χ1n) is 7.21. The Kier molecular flexibility index (Phi) is 2.93. The van der Waals surface area contributed by atoms with E-state index in [-0.39, 0.29) is 0 Å². The fourth-order valence-electron chi connectivity index (χ4n) is 3.91. The molecule has 2 bridgehead atoms. The molecule has 4 nitrogen and oxygen atoms in total. The molecular formula is C14H24N4. The van der Waals surface area contributed by atoms with Crippen molar-refractivity contribution < 1.29 is 0 Å². The molecule has 4 unspecified atom stereocenters. The molecule has 1 aromatic heterocycles. The Morgan fingerprint density at radius 1 is 1.33 bits per heavy atom. The van der Waals surface area contributed by atoms with E-state index in [0.717, 1.165) is 29.9 Å². The summed E-state index contributed by atoms with van der Waals surface area (Å²) in [6.07, 6.45) is 4.91. The number of aromatic nitrogens is 3. The fourth-order valence-corrected chi connectivity index (χ4v) is 3.91. The predicted molar refractivity (Wildman–Crippen MR) is 71.1 cm³/mol. The largest absolute Gasteiger partial charge is 0.327 e. The lowest BCUT2D eigenvalue weighted by Crippen LogP contribution is -2.35. The summed E-state index contributed by atoms with van der Waals surface area (Å²) in [6.45, 7) is 4.42. The summed E-state index contributed by atoms with van der Waals surface area (Å²) in [4.78, 5) is 4.77. The van der Waals surface area contributed by atoms with Crippen molar-refractivity contribution in [3.05, 3.63) is 11.6 Å². The summed E-state index contributed by atoms with van der Waals surface area (Å²) in [6, 6.07) is 0.304. The number of fused-ring (bicyclic) bond motifs is 2. The van der Waals surface area contributed by atoms with Crippen molar-refractivity contribution in [3.63, 3.8) is 0 Å². The van der Waals surface area contributed by atoms with Gasteiger partial charge in [-0.1, -0.05) is 13.8 Å². The van der Waals surface area contributed by atoms with Gasteiger partial charge in [-0.25, -0.2) is 4.98 Å². The monoisotopic (exact) mass is 248 g/mol. The van der Waals surface area contributed by atoms with Crippen LogP contribution in [0.5, 0.6) is 0 Å². The molecule has 0 aromatic carbocycles. The second-order valence-electron chi connectivity index (χ2n) is 6.54. The lowest BCUT2D eigenvalue weighted by Gasteiger charge is -2.26. The Morgan fingerprint density at radius 2 is 2.06 bits per heavy atom. The number of hydrogen-bond donors (Lipinski definition) is 1. The summed E-state index contributed by atoms with van der Waals surface area (Å²) >= 11 is 0. The van der Waals surface area contributed by atoms with Gasteiger partial charge in [-0.2, -0.15) is 5.10 Å². The Morgan fingerprint density at radius 3 is 2.67 bits per heavy atom. The molecular weight excluding hydrogens is 224 g/mol. The maximum atomic E-state index is 6.39. The molecule has 1 aromatic rings. The van der Waals surface area contributed by atoms with Crippen LogP contribution in [0.25, 0.3) is 0 Å². The van der Waals surface area contributed by atoms with Crippen LogP contribution in [0.3, 0.4) is 0 Å². The number of rotatable bonds is 3. The molecule has 18 heavy (non-hydrogen) atoms. The van der Waals surface area contributed by atoms with Crippen LogP contribution in [-0.4, -0.2) is 20.8 Å². The topological polar surface area (TPSA) is 56.7 Å². The molecule has 100 valence electrons. The summed E-state index contributed by atoms with van der Waals surface area (Å²) in [5.41, 5.74) is 6.39. The second-order valence-corrected chi connectivity index (χ2v) is 6.54. The minimum atomic E-state index is 0.304. The molecule has 1 heterocycles. The summed E-state index contributed by atoms with van der Waals surface area (Å²) in [7, 11) is 2.02. The quantitative estimate of drug-likeness (QED) is 0.888. The van der Waals surface area contributed by atoms with Crippen molar-refractivity contribution in [2.45, 2.75) is 51.5 Å². The molecule has 0 saturated heterocycles. The minimum Gasteiger partial charge on any atom is -0.327 e. The van der Waals surface area contributed by atoms with Crippen LogP contribution < -0.4 is 5.73 Å². The lowest BCUT2D eigenvalue weighted by atomic mass is 9.84. The van der Waals surface area contributed by atoms with E-state index in [1.54, 1.807) is 0 Å². The van der Waals surface area contributed by atoms with Gasteiger partial charge in [0, 0.05) is 25.4 Å². The Hall–Kier alpha value is -0.900. The highest BCUT2D eigenvalue weighted by Crippen LogP contribution is 2.51. The molecule has 2 saturated carbocycles. The third-order valence-electron chi connectivity index (χ3n) is 4.71. The number of nitrogens with zero attached hydrogens (tertiary/aromatic N) is 3. The van der Waals surface area contributed by atoms with E-state index in [1.807, 2.05) is 11.7 Å². The van der Waals surface area contributed by atoms with Crippen LogP contribution >= 0.6 is 0 Å². The van der Waals surface area contributed by atoms with Gasteiger partial charge in [-0.3, -0.25) is 4.68 Å². The number of hydrogen-bond acceptors (Lipinski definition) is 3. The summed E-state index contributed by atoms with van der Waals surface area (Å²) < 4.78 is 1.98. The normalized spacial score (nSPS) is 34.7. The molecule has 0 radical (unpaired) electrons. The molecule has 0 spiro atoms. The van der Waals surface area contributed by atoms with Crippen LogP contribution in [0.2, 0.25) is 0 Å². The Balaban J connectivity index is 1.86. The third-order valence-corrected chi connectivity index (χ3v) is 4.71. The second kappa shape index (κ2) is 4.34. The van der Waals surface area contributed by atoms with E-state index in [1.165, 1.54) is 19.3 Å². The van der Waals surface area contributed by atoms with Crippen molar-refractivity contribution in [1.29, 1.82) is 0 Å². The van der Waals surface area contributed by atoms with Crippen molar-refractivity contribution in [3.8, 4) is 0 Å². The maximum Gasteiger partial charge on any atom is 0.151 e. The average molecular weight is 248 g/mol. The van der Waals surface area contributed by atoms with Crippen LogP contribution in [0, 0.1) is 17.8 Å². The van der Waals surface area contributed by atoms with E-state index >= 15 is 0 Å². The van der Waals surface area contributed by atoms with Gasteiger partial charge in [0.2, 0.25) is 0 Å². The highest BCUT2D eigenvalue weighted by atomic mass is 15.3. The smallest absolute Gasteiger partial charge is 0.151 e. The maximum absolute atomic E-state index is 6.39. The first kappa shape index (κ1) is 12.2. The Labute approximate surface area is 109 Å².